The largest absolute Gasteiger partial charge is 0.388 e. The van der Waals surface area contributed by atoms with E-state index in [1.807, 2.05) is 35.7 Å². The Morgan fingerprint density at radius 3 is 2.51 bits per heavy atom. The van der Waals surface area contributed by atoms with E-state index in [0.717, 1.165) is 12.0 Å². The molecule has 5 aromatic rings. The Balaban J connectivity index is 0.000000212. The van der Waals surface area contributed by atoms with Crippen LogP contribution in [0.25, 0.3) is 11.3 Å². The van der Waals surface area contributed by atoms with Crippen molar-refractivity contribution in [3.8, 4) is 17.3 Å². The van der Waals surface area contributed by atoms with Crippen molar-refractivity contribution < 1.29 is 9.59 Å². The zero-order valence-corrected chi connectivity index (χ0v) is 22.8. The number of H-pyrrole nitrogens is 1. The summed E-state index contributed by atoms with van der Waals surface area (Å²) in [5, 5.41) is 19.6. The summed E-state index contributed by atoms with van der Waals surface area (Å²) in [7, 11) is 1.79. The van der Waals surface area contributed by atoms with Gasteiger partial charge < -0.3 is 10.6 Å². The first-order valence-electron chi connectivity index (χ1n) is 11.4. The van der Waals surface area contributed by atoms with Gasteiger partial charge in [0.25, 0.3) is 5.56 Å². The number of halogens is 1. The van der Waals surface area contributed by atoms with Crippen molar-refractivity contribution in [3.05, 3.63) is 114 Å². The lowest BCUT2D eigenvalue weighted by Crippen LogP contribution is -2.16. The standard InChI is InChI=1S/C18H14ClN5O.C10H6O2S2/c1-21-14-4-2-3-11(9-14)16-15(10-20)17(25)24-18(23-16)22-13-7-5-12(19)6-8-13;11-6-7-3-5-14-10(7)9(12)8-2-1-4-13-8/h2-9,21H,1H3,(H2,22,23,24,25);1-6H. The highest BCUT2D eigenvalue weighted by Crippen LogP contribution is 2.25. The number of ketones is 1. The topological polar surface area (TPSA) is 128 Å². The summed E-state index contributed by atoms with van der Waals surface area (Å²) in [6.07, 6.45) is 0.720. The molecule has 0 atom stereocenters. The van der Waals surface area contributed by atoms with Gasteiger partial charge in [0.2, 0.25) is 11.7 Å². The van der Waals surface area contributed by atoms with Gasteiger partial charge in [0, 0.05) is 34.6 Å². The van der Waals surface area contributed by atoms with Crippen LogP contribution in [0.3, 0.4) is 0 Å². The molecule has 8 nitrogen and oxygen atoms in total. The normalized spacial score (nSPS) is 10.1. The highest BCUT2D eigenvalue weighted by atomic mass is 35.5. The van der Waals surface area contributed by atoms with Crippen molar-refractivity contribution in [1.29, 1.82) is 5.26 Å². The molecule has 3 aromatic heterocycles. The highest BCUT2D eigenvalue weighted by molar-refractivity contribution is 7.16. The molecule has 5 rings (SSSR count). The zero-order valence-electron chi connectivity index (χ0n) is 20.4. The van der Waals surface area contributed by atoms with Gasteiger partial charge in [0.15, 0.2) is 6.29 Å². The molecule has 0 bridgehead atoms. The Kier molecular flexibility index (Phi) is 9.01. The maximum Gasteiger partial charge on any atom is 0.270 e. The fraction of sp³-hybridized carbons (Fsp3) is 0.0357. The number of nitrogens with zero attached hydrogens (tertiary/aromatic N) is 2. The fourth-order valence-corrected chi connectivity index (χ4v) is 5.13. The van der Waals surface area contributed by atoms with Gasteiger partial charge in [-0.25, -0.2) is 4.98 Å². The first kappa shape index (κ1) is 27.5. The number of thiophene rings is 2. The van der Waals surface area contributed by atoms with Crippen LogP contribution in [0.4, 0.5) is 17.3 Å². The van der Waals surface area contributed by atoms with Crippen LogP contribution in [0.1, 0.15) is 30.5 Å². The van der Waals surface area contributed by atoms with Crippen molar-refractivity contribution in [3.63, 3.8) is 0 Å². The van der Waals surface area contributed by atoms with Gasteiger partial charge >= 0.3 is 0 Å². The molecule has 3 N–H and O–H groups in total. The van der Waals surface area contributed by atoms with E-state index in [9.17, 15) is 19.6 Å². The second-order valence-electron chi connectivity index (χ2n) is 7.84. The van der Waals surface area contributed by atoms with Crippen molar-refractivity contribution in [2.75, 3.05) is 17.7 Å². The number of rotatable bonds is 7. The third-order valence-electron chi connectivity index (χ3n) is 5.34. The molecular weight excluding hydrogens is 554 g/mol. The molecule has 0 unspecified atom stereocenters. The number of anilines is 3. The third-order valence-corrected chi connectivity index (χ3v) is 7.39. The van der Waals surface area contributed by atoms with Crippen LogP contribution in [0, 0.1) is 11.3 Å². The van der Waals surface area contributed by atoms with Crippen molar-refractivity contribution >= 4 is 63.7 Å². The van der Waals surface area contributed by atoms with Gasteiger partial charge in [-0.3, -0.25) is 19.4 Å². The van der Waals surface area contributed by atoms with Crippen molar-refractivity contribution in [2.45, 2.75) is 0 Å². The van der Waals surface area contributed by atoms with E-state index in [1.54, 1.807) is 54.9 Å². The number of aromatic amines is 1. The molecule has 0 aliphatic rings. The molecule has 39 heavy (non-hydrogen) atoms. The number of carbonyl (C=O) groups excluding carboxylic acids is 2. The molecule has 194 valence electrons. The van der Waals surface area contributed by atoms with E-state index < -0.39 is 5.56 Å². The minimum absolute atomic E-state index is 0.0325. The van der Waals surface area contributed by atoms with Crippen LogP contribution >= 0.6 is 34.3 Å². The van der Waals surface area contributed by atoms with E-state index in [2.05, 4.69) is 20.6 Å². The molecule has 11 heteroatoms. The molecule has 0 aliphatic heterocycles. The maximum atomic E-state index is 12.3. The maximum absolute atomic E-state index is 12.3. The Hall–Kier alpha value is -4.56. The van der Waals surface area contributed by atoms with Gasteiger partial charge in [-0.05, 0) is 59.3 Å². The van der Waals surface area contributed by atoms with Crippen LogP contribution in [0.5, 0.6) is 0 Å². The van der Waals surface area contributed by atoms with Crippen molar-refractivity contribution in [2.24, 2.45) is 0 Å². The number of carbonyl (C=O) groups is 2. The number of benzene rings is 2. The van der Waals surface area contributed by atoms with E-state index >= 15 is 0 Å². The molecule has 0 saturated heterocycles. The van der Waals surface area contributed by atoms with E-state index in [-0.39, 0.29) is 17.3 Å². The lowest BCUT2D eigenvalue weighted by atomic mass is 10.1. The molecule has 2 aromatic carbocycles. The Bertz CT molecular complexity index is 1700. The van der Waals surface area contributed by atoms with Crippen LogP contribution in [-0.2, 0) is 0 Å². The third kappa shape index (κ3) is 6.66. The highest BCUT2D eigenvalue weighted by Gasteiger charge is 2.16. The molecule has 0 amide bonds. The molecule has 0 saturated carbocycles. The number of hydrogen-bond acceptors (Lipinski definition) is 9. The average Bonchev–Trinajstić information content (AvgIpc) is 3.67. The Morgan fingerprint density at radius 2 is 1.85 bits per heavy atom. The SMILES string of the molecule is CNc1cccc(-c2nc(Nc3ccc(Cl)cc3)[nH]c(=O)c2C#N)c1.O=Cc1ccsc1C(=O)c1cccs1. The monoisotopic (exact) mass is 573 g/mol. The summed E-state index contributed by atoms with van der Waals surface area (Å²) >= 11 is 8.57. The van der Waals surface area contributed by atoms with Crippen LogP contribution in [-0.4, -0.2) is 29.1 Å². The number of aldehydes is 1. The number of hydrogen-bond donors (Lipinski definition) is 3. The summed E-state index contributed by atoms with van der Waals surface area (Å²) < 4.78 is 0. The van der Waals surface area contributed by atoms with Gasteiger partial charge in [-0.1, -0.05) is 29.8 Å². The minimum atomic E-state index is -0.501. The quantitative estimate of drug-likeness (QED) is 0.148. The molecule has 0 aliphatic carbocycles. The van der Waals surface area contributed by atoms with Crippen LogP contribution in [0.15, 0.2) is 82.3 Å². The first-order valence-corrected chi connectivity index (χ1v) is 13.5. The fourth-order valence-electron chi connectivity index (χ4n) is 3.45. The second-order valence-corrected chi connectivity index (χ2v) is 10.1. The zero-order chi connectivity index (χ0) is 27.8. The Morgan fingerprint density at radius 1 is 1.05 bits per heavy atom. The summed E-state index contributed by atoms with van der Waals surface area (Å²) in [6.45, 7) is 0. The average molecular weight is 574 g/mol. The summed E-state index contributed by atoms with van der Waals surface area (Å²) in [6, 6.07) is 21.5. The van der Waals surface area contributed by atoms with Crippen LogP contribution in [0.2, 0.25) is 5.02 Å². The minimum Gasteiger partial charge on any atom is -0.388 e. The van der Waals surface area contributed by atoms with E-state index in [0.29, 0.717) is 37.3 Å². The van der Waals surface area contributed by atoms with E-state index in [4.69, 9.17) is 11.6 Å². The van der Waals surface area contributed by atoms with Crippen LogP contribution < -0.4 is 16.2 Å². The summed E-state index contributed by atoms with van der Waals surface area (Å²) in [5.74, 6) is 0.188. The van der Waals surface area contributed by atoms with Gasteiger partial charge in [0.05, 0.1) is 15.4 Å². The lowest BCUT2D eigenvalue weighted by molar-refractivity contribution is 0.103. The summed E-state index contributed by atoms with van der Waals surface area (Å²) in [4.78, 5) is 42.9. The molecule has 0 fully saturated rings. The first-order chi connectivity index (χ1) is 18.9. The predicted molar refractivity (Wildman–Crippen MR) is 157 cm³/mol. The smallest absolute Gasteiger partial charge is 0.270 e. The Labute approximate surface area is 236 Å². The predicted octanol–water partition coefficient (Wildman–Crippen LogP) is 6.60. The van der Waals surface area contributed by atoms with Gasteiger partial charge in [-0.15, -0.1) is 22.7 Å². The molecule has 0 radical (unpaired) electrons. The number of nitrogens with one attached hydrogen (secondary N) is 3. The molecular formula is C28H20ClN5O3S2. The lowest BCUT2D eigenvalue weighted by Gasteiger charge is -2.10. The second kappa shape index (κ2) is 12.8. The molecule has 3 heterocycles. The van der Waals surface area contributed by atoms with Gasteiger partial charge in [0.1, 0.15) is 11.6 Å². The molecule has 0 spiro atoms. The van der Waals surface area contributed by atoms with Crippen molar-refractivity contribution in [1.82, 2.24) is 9.97 Å². The number of aromatic nitrogens is 2. The summed E-state index contributed by atoms with van der Waals surface area (Å²) in [5.41, 5.74) is 2.51. The number of nitriles is 1. The van der Waals surface area contributed by atoms with E-state index in [1.165, 1.54) is 22.7 Å². The van der Waals surface area contributed by atoms with Gasteiger partial charge in [-0.2, -0.15) is 5.26 Å².